The third-order valence-electron chi connectivity index (χ3n) is 5.78. The van der Waals surface area contributed by atoms with E-state index in [0.717, 1.165) is 6.26 Å². The molecule has 0 spiro atoms. The monoisotopic (exact) mass is 538 g/mol. The SMILES string of the molecule is Cc1c(C(=O)NCc2ccc(S(C)(=O)=O)cn2)nc(C(C)(C)C)n1Cc1cccc(CO)c1C(F)(F)F. The number of hydrogen-bond donors (Lipinski definition) is 2. The number of halogens is 3. The van der Waals surface area contributed by atoms with Crippen molar-refractivity contribution in [3.05, 3.63) is 76.1 Å². The number of aromatic nitrogens is 3. The number of pyridine rings is 1. The summed E-state index contributed by atoms with van der Waals surface area (Å²) in [5.74, 6) is -0.121. The van der Waals surface area contributed by atoms with Crippen molar-refractivity contribution in [3.8, 4) is 0 Å². The summed E-state index contributed by atoms with van der Waals surface area (Å²) in [5.41, 5.74) is -0.918. The summed E-state index contributed by atoms with van der Waals surface area (Å²) >= 11 is 0. The van der Waals surface area contributed by atoms with Crippen LogP contribution in [0, 0.1) is 6.92 Å². The van der Waals surface area contributed by atoms with Gasteiger partial charge in [0.2, 0.25) is 0 Å². The number of carbonyl (C=O) groups is 1. The molecule has 2 heterocycles. The lowest BCUT2D eigenvalue weighted by atomic mass is 9.95. The van der Waals surface area contributed by atoms with Crippen molar-refractivity contribution < 1.29 is 31.5 Å². The van der Waals surface area contributed by atoms with E-state index < -0.39 is 39.5 Å². The Morgan fingerprint density at radius 2 is 1.76 bits per heavy atom. The highest BCUT2D eigenvalue weighted by atomic mass is 32.2. The average molecular weight is 539 g/mol. The number of nitrogens with one attached hydrogen (secondary N) is 1. The summed E-state index contributed by atoms with van der Waals surface area (Å²) in [5, 5.41) is 12.2. The number of alkyl halides is 3. The number of aliphatic hydroxyl groups is 1. The molecular weight excluding hydrogens is 509 g/mol. The smallest absolute Gasteiger partial charge is 0.392 e. The molecule has 0 bridgehead atoms. The molecule has 0 unspecified atom stereocenters. The van der Waals surface area contributed by atoms with E-state index in [1.165, 1.54) is 36.5 Å². The molecule has 3 aromatic rings. The number of hydrogen-bond acceptors (Lipinski definition) is 6. The quantitative estimate of drug-likeness (QED) is 0.473. The highest BCUT2D eigenvalue weighted by Gasteiger charge is 2.36. The molecular formula is C25H29F3N4O4S. The summed E-state index contributed by atoms with van der Waals surface area (Å²) in [7, 11) is -3.41. The predicted octanol–water partition coefficient (Wildman–Crippen LogP) is 3.78. The Kier molecular flexibility index (Phi) is 7.85. The second-order valence-corrected chi connectivity index (χ2v) is 11.8. The van der Waals surface area contributed by atoms with E-state index in [4.69, 9.17) is 0 Å². The highest BCUT2D eigenvalue weighted by Crippen LogP contribution is 2.36. The van der Waals surface area contributed by atoms with Gasteiger partial charge in [-0.15, -0.1) is 0 Å². The van der Waals surface area contributed by atoms with Gasteiger partial charge < -0.3 is 15.0 Å². The van der Waals surface area contributed by atoms with Gasteiger partial charge in [0.25, 0.3) is 5.91 Å². The molecule has 2 N–H and O–H groups in total. The zero-order valence-electron chi connectivity index (χ0n) is 21.1. The minimum atomic E-state index is -4.68. The third kappa shape index (κ3) is 6.37. The van der Waals surface area contributed by atoms with Crippen molar-refractivity contribution in [2.75, 3.05) is 6.26 Å². The molecule has 0 aliphatic carbocycles. The number of sulfone groups is 1. The fourth-order valence-corrected chi connectivity index (χ4v) is 4.52. The molecule has 3 rings (SSSR count). The molecule has 2 aromatic heterocycles. The van der Waals surface area contributed by atoms with E-state index in [9.17, 15) is 31.5 Å². The molecule has 0 aliphatic rings. The van der Waals surface area contributed by atoms with Crippen LogP contribution in [0.2, 0.25) is 0 Å². The van der Waals surface area contributed by atoms with Crippen molar-refractivity contribution in [3.63, 3.8) is 0 Å². The minimum absolute atomic E-state index is 0.00318. The lowest BCUT2D eigenvalue weighted by Gasteiger charge is -2.23. The van der Waals surface area contributed by atoms with E-state index in [0.29, 0.717) is 17.2 Å². The van der Waals surface area contributed by atoms with Crippen LogP contribution in [0.15, 0.2) is 41.4 Å². The van der Waals surface area contributed by atoms with Gasteiger partial charge in [-0.1, -0.05) is 39.0 Å². The molecule has 0 saturated heterocycles. The average Bonchev–Trinajstić information content (AvgIpc) is 3.12. The molecule has 12 heteroatoms. The largest absolute Gasteiger partial charge is 0.417 e. The van der Waals surface area contributed by atoms with Crippen LogP contribution in [-0.4, -0.2) is 40.2 Å². The van der Waals surface area contributed by atoms with E-state index in [2.05, 4.69) is 15.3 Å². The van der Waals surface area contributed by atoms with Crippen molar-refractivity contribution >= 4 is 15.7 Å². The molecule has 37 heavy (non-hydrogen) atoms. The van der Waals surface area contributed by atoms with Gasteiger partial charge in [0.1, 0.15) is 11.5 Å². The number of aliphatic hydroxyl groups excluding tert-OH is 1. The molecule has 1 amide bonds. The van der Waals surface area contributed by atoms with Crippen LogP contribution in [0.25, 0.3) is 0 Å². The Morgan fingerprint density at radius 1 is 1.11 bits per heavy atom. The normalized spacial score (nSPS) is 12.6. The minimum Gasteiger partial charge on any atom is -0.392 e. The third-order valence-corrected chi connectivity index (χ3v) is 6.88. The van der Waals surface area contributed by atoms with Gasteiger partial charge in [0, 0.05) is 30.1 Å². The lowest BCUT2D eigenvalue weighted by molar-refractivity contribution is -0.139. The van der Waals surface area contributed by atoms with E-state index >= 15 is 0 Å². The lowest BCUT2D eigenvalue weighted by Crippen LogP contribution is -2.24. The van der Waals surface area contributed by atoms with E-state index in [-0.39, 0.29) is 34.8 Å². The van der Waals surface area contributed by atoms with Crippen molar-refractivity contribution in [2.24, 2.45) is 0 Å². The first kappa shape index (κ1) is 28.3. The summed E-state index contributed by atoms with van der Waals surface area (Å²) in [6, 6.07) is 6.90. The van der Waals surface area contributed by atoms with Gasteiger partial charge in [-0.25, -0.2) is 13.4 Å². The molecule has 0 saturated carbocycles. The molecule has 0 atom stereocenters. The number of imidazole rings is 1. The van der Waals surface area contributed by atoms with Crippen LogP contribution in [0.5, 0.6) is 0 Å². The van der Waals surface area contributed by atoms with Crippen LogP contribution in [0.4, 0.5) is 13.2 Å². The zero-order chi connectivity index (χ0) is 27.8. The predicted molar refractivity (Wildman–Crippen MR) is 131 cm³/mol. The zero-order valence-corrected chi connectivity index (χ0v) is 22.0. The van der Waals surface area contributed by atoms with Crippen LogP contribution >= 0.6 is 0 Å². The van der Waals surface area contributed by atoms with Crippen LogP contribution in [0.3, 0.4) is 0 Å². The number of rotatable bonds is 7. The number of benzene rings is 1. The maximum atomic E-state index is 13.9. The molecule has 0 radical (unpaired) electrons. The Morgan fingerprint density at radius 3 is 2.27 bits per heavy atom. The topological polar surface area (TPSA) is 114 Å². The molecule has 1 aromatic carbocycles. The van der Waals surface area contributed by atoms with Crippen molar-refractivity contribution in [1.82, 2.24) is 19.9 Å². The summed E-state index contributed by atoms with van der Waals surface area (Å²) < 4.78 is 66.4. The molecule has 8 nitrogen and oxygen atoms in total. The van der Waals surface area contributed by atoms with Gasteiger partial charge in [0.15, 0.2) is 9.84 Å². The molecule has 200 valence electrons. The van der Waals surface area contributed by atoms with Crippen molar-refractivity contribution in [2.45, 2.75) is 63.9 Å². The fraction of sp³-hybridized carbons (Fsp3) is 0.400. The number of amides is 1. The van der Waals surface area contributed by atoms with Crippen LogP contribution in [0.1, 0.15) is 65.2 Å². The fourth-order valence-electron chi connectivity index (χ4n) is 3.96. The second kappa shape index (κ2) is 10.3. The van der Waals surface area contributed by atoms with Gasteiger partial charge in [-0.3, -0.25) is 9.78 Å². The van der Waals surface area contributed by atoms with Gasteiger partial charge >= 0.3 is 6.18 Å². The summed E-state index contributed by atoms with van der Waals surface area (Å²) in [6.07, 6.45) is -2.41. The first-order valence-corrected chi connectivity index (χ1v) is 13.2. The Balaban J connectivity index is 1.95. The molecule has 0 aliphatic heterocycles. The maximum absolute atomic E-state index is 13.9. The van der Waals surface area contributed by atoms with E-state index in [1.54, 1.807) is 11.5 Å². The maximum Gasteiger partial charge on any atom is 0.417 e. The van der Waals surface area contributed by atoms with E-state index in [1.807, 2.05) is 20.8 Å². The second-order valence-electron chi connectivity index (χ2n) is 9.75. The summed E-state index contributed by atoms with van der Waals surface area (Å²) in [6.45, 7) is 6.18. The Labute approximate surface area is 213 Å². The summed E-state index contributed by atoms with van der Waals surface area (Å²) in [4.78, 5) is 21.6. The van der Waals surface area contributed by atoms with Crippen LogP contribution in [-0.2, 0) is 41.1 Å². The van der Waals surface area contributed by atoms with Crippen LogP contribution < -0.4 is 5.32 Å². The Bertz CT molecular complexity index is 1410. The van der Waals surface area contributed by atoms with Gasteiger partial charge in [-0.05, 0) is 30.2 Å². The first-order chi connectivity index (χ1) is 17.0. The van der Waals surface area contributed by atoms with Gasteiger partial charge in [0.05, 0.1) is 29.3 Å². The number of carbonyl (C=O) groups excluding carboxylic acids is 1. The van der Waals surface area contributed by atoms with Crippen molar-refractivity contribution in [1.29, 1.82) is 0 Å². The Hall–Kier alpha value is -3.25. The van der Waals surface area contributed by atoms with Gasteiger partial charge in [-0.2, -0.15) is 13.2 Å². The standard InChI is InChI=1S/C25H29F3N4O4S/c1-15-21(22(34)30-11-18-9-10-19(12-29-18)37(5,35)36)31-23(24(2,3)4)32(15)13-16-7-6-8-17(14-33)20(16)25(26,27)28/h6-10,12,33H,11,13-14H2,1-5H3,(H,30,34). The molecule has 0 fully saturated rings. The number of nitrogens with zero attached hydrogens (tertiary/aromatic N) is 3. The first-order valence-electron chi connectivity index (χ1n) is 11.3. The highest BCUT2D eigenvalue weighted by molar-refractivity contribution is 7.90.